The van der Waals surface area contributed by atoms with Crippen LogP contribution in [0.4, 0.5) is 10.2 Å². The number of carbonyl (C=O) groups excluding carboxylic acids is 3. The molecule has 0 bridgehead atoms. The van der Waals surface area contributed by atoms with Crippen LogP contribution in [0.5, 0.6) is 11.5 Å². The van der Waals surface area contributed by atoms with Crippen LogP contribution in [0.2, 0.25) is 0 Å². The van der Waals surface area contributed by atoms with Crippen molar-refractivity contribution in [3.63, 3.8) is 0 Å². The van der Waals surface area contributed by atoms with E-state index in [9.17, 15) is 18.8 Å². The number of halogens is 1. The van der Waals surface area contributed by atoms with Crippen LogP contribution < -0.4 is 20.1 Å². The summed E-state index contributed by atoms with van der Waals surface area (Å²) in [4.78, 5) is 45.6. The third-order valence-electron chi connectivity index (χ3n) is 7.28. The van der Waals surface area contributed by atoms with Crippen molar-refractivity contribution >= 4 is 23.5 Å². The Morgan fingerprint density at radius 1 is 0.976 bits per heavy atom. The zero-order valence-corrected chi connectivity index (χ0v) is 22.7. The second-order valence-electron chi connectivity index (χ2n) is 10.3. The quantitative estimate of drug-likeness (QED) is 0.346. The molecule has 2 aromatic carbocycles. The molecule has 10 heteroatoms. The number of hydrogen-bond acceptors (Lipinski definition) is 6. The minimum Gasteiger partial charge on any atom is -0.454 e. The number of nitrogens with one attached hydrogen (secondary N) is 2. The average Bonchev–Trinajstić information content (AvgIpc) is 3.66. The molecular formula is C31H33FN4O5. The molecule has 1 atom stereocenters. The minimum absolute atomic E-state index is 0.0308. The number of nitrogens with zero attached hydrogens (tertiary/aromatic N) is 2. The van der Waals surface area contributed by atoms with Gasteiger partial charge in [-0.1, -0.05) is 37.1 Å². The Hall–Kier alpha value is -4.47. The molecule has 1 aliphatic heterocycles. The monoisotopic (exact) mass is 560 g/mol. The molecule has 0 spiro atoms. The van der Waals surface area contributed by atoms with E-state index in [1.807, 2.05) is 6.07 Å². The van der Waals surface area contributed by atoms with Crippen LogP contribution in [-0.2, 0) is 20.9 Å². The Morgan fingerprint density at radius 3 is 2.51 bits per heavy atom. The van der Waals surface area contributed by atoms with Crippen LogP contribution in [0.1, 0.15) is 62.1 Å². The number of benzene rings is 2. The molecule has 1 unspecified atom stereocenters. The van der Waals surface area contributed by atoms with Crippen LogP contribution in [-0.4, -0.2) is 40.4 Å². The van der Waals surface area contributed by atoms with Crippen LogP contribution in [0.15, 0.2) is 66.9 Å². The maximum atomic E-state index is 13.9. The fourth-order valence-electron chi connectivity index (χ4n) is 5.21. The van der Waals surface area contributed by atoms with E-state index in [2.05, 4.69) is 15.6 Å². The number of hydrogen-bond donors (Lipinski definition) is 2. The number of fused-ring (bicyclic) bond motifs is 1. The number of ether oxygens (including phenoxy) is 2. The SMILES string of the molecule is O=C(CCCC(=O)N(Cc1ccc2c(c1)OCO2)C(C(=O)NC1CCCC1)c1ccc(F)cc1)Nc1ccccn1. The summed E-state index contributed by atoms with van der Waals surface area (Å²) in [5, 5.41) is 5.83. The lowest BCUT2D eigenvalue weighted by Gasteiger charge is -2.32. The third kappa shape index (κ3) is 7.39. The number of pyridine rings is 1. The Kier molecular flexibility index (Phi) is 9.08. The van der Waals surface area contributed by atoms with E-state index in [1.165, 1.54) is 29.2 Å². The Morgan fingerprint density at radius 2 is 1.76 bits per heavy atom. The molecule has 3 aromatic rings. The van der Waals surface area contributed by atoms with Gasteiger partial charge in [0.25, 0.3) is 0 Å². The van der Waals surface area contributed by atoms with Crippen LogP contribution >= 0.6 is 0 Å². The summed E-state index contributed by atoms with van der Waals surface area (Å²) in [6.07, 6.45) is 5.82. The van der Waals surface area contributed by atoms with Gasteiger partial charge in [-0.05, 0) is 66.8 Å². The highest BCUT2D eigenvalue weighted by atomic mass is 19.1. The van der Waals surface area contributed by atoms with E-state index >= 15 is 0 Å². The molecule has 1 aliphatic carbocycles. The zero-order chi connectivity index (χ0) is 28.6. The summed E-state index contributed by atoms with van der Waals surface area (Å²) in [5.41, 5.74) is 1.25. The fourth-order valence-corrected chi connectivity index (χ4v) is 5.21. The number of anilines is 1. The highest BCUT2D eigenvalue weighted by Crippen LogP contribution is 2.34. The van der Waals surface area contributed by atoms with Gasteiger partial charge in [0.2, 0.25) is 24.5 Å². The van der Waals surface area contributed by atoms with Gasteiger partial charge >= 0.3 is 0 Å². The molecule has 214 valence electrons. The van der Waals surface area contributed by atoms with E-state index in [-0.39, 0.29) is 56.4 Å². The average molecular weight is 561 g/mol. The first-order valence-electron chi connectivity index (χ1n) is 13.9. The van der Waals surface area contributed by atoms with Crippen molar-refractivity contribution in [1.82, 2.24) is 15.2 Å². The minimum atomic E-state index is -0.989. The lowest BCUT2D eigenvalue weighted by molar-refractivity contribution is -0.142. The summed E-state index contributed by atoms with van der Waals surface area (Å²) < 4.78 is 24.8. The molecule has 1 fully saturated rings. The topological polar surface area (TPSA) is 110 Å². The summed E-state index contributed by atoms with van der Waals surface area (Å²) in [7, 11) is 0. The lowest BCUT2D eigenvalue weighted by atomic mass is 10.0. The van der Waals surface area contributed by atoms with Crippen molar-refractivity contribution in [3.05, 3.63) is 83.8 Å². The molecule has 41 heavy (non-hydrogen) atoms. The van der Waals surface area contributed by atoms with Crippen LogP contribution in [0, 0.1) is 5.82 Å². The highest BCUT2D eigenvalue weighted by molar-refractivity contribution is 5.91. The maximum Gasteiger partial charge on any atom is 0.247 e. The van der Waals surface area contributed by atoms with Crippen molar-refractivity contribution in [1.29, 1.82) is 0 Å². The van der Waals surface area contributed by atoms with Gasteiger partial charge in [0, 0.05) is 31.6 Å². The molecule has 0 saturated heterocycles. The predicted octanol–water partition coefficient (Wildman–Crippen LogP) is 4.89. The number of carbonyl (C=O) groups is 3. The largest absolute Gasteiger partial charge is 0.454 e. The maximum absolute atomic E-state index is 13.9. The molecule has 2 heterocycles. The molecule has 0 radical (unpaired) electrons. The van der Waals surface area contributed by atoms with Gasteiger partial charge < -0.3 is 25.0 Å². The van der Waals surface area contributed by atoms with Crippen molar-refractivity contribution in [2.24, 2.45) is 0 Å². The molecule has 2 aliphatic rings. The lowest BCUT2D eigenvalue weighted by Crippen LogP contribution is -2.45. The van der Waals surface area contributed by atoms with E-state index in [4.69, 9.17) is 9.47 Å². The van der Waals surface area contributed by atoms with Gasteiger partial charge in [0.05, 0.1) is 0 Å². The van der Waals surface area contributed by atoms with Crippen molar-refractivity contribution < 1.29 is 28.2 Å². The van der Waals surface area contributed by atoms with Gasteiger partial charge in [0.15, 0.2) is 11.5 Å². The zero-order valence-electron chi connectivity index (χ0n) is 22.7. The van der Waals surface area contributed by atoms with E-state index in [0.717, 1.165) is 31.2 Å². The highest BCUT2D eigenvalue weighted by Gasteiger charge is 2.33. The molecule has 9 nitrogen and oxygen atoms in total. The summed E-state index contributed by atoms with van der Waals surface area (Å²) in [6, 6.07) is 15.3. The van der Waals surface area contributed by atoms with Gasteiger partial charge in [-0.15, -0.1) is 0 Å². The van der Waals surface area contributed by atoms with E-state index in [0.29, 0.717) is 22.9 Å². The summed E-state index contributed by atoms with van der Waals surface area (Å²) in [6.45, 7) is 0.222. The smallest absolute Gasteiger partial charge is 0.247 e. The van der Waals surface area contributed by atoms with Crippen LogP contribution in [0.3, 0.4) is 0 Å². The third-order valence-corrected chi connectivity index (χ3v) is 7.28. The second-order valence-corrected chi connectivity index (χ2v) is 10.3. The van der Waals surface area contributed by atoms with E-state index in [1.54, 1.807) is 36.5 Å². The fraction of sp³-hybridized carbons (Fsp3) is 0.355. The first kappa shape index (κ1) is 28.1. The number of rotatable bonds is 11. The Balaban J connectivity index is 1.37. The number of amides is 3. The number of aromatic nitrogens is 1. The molecular weight excluding hydrogens is 527 g/mol. The molecule has 2 N–H and O–H groups in total. The van der Waals surface area contributed by atoms with Gasteiger partial charge in [-0.3, -0.25) is 14.4 Å². The summed E-state index contributed by atoms with van der Waals surface area (Å²) in [5.74, 6) is 0.307. The standard InChI is InChI=1S/C31H33FN4O5/c32-23-14-12-22(13-15-23)30(31(39)34-24-6-1-2-7-24)36(19-21-11-16-25-26(18-21)41-20-40-25)29(38)10-5-9-28(37)35-27-8-3-4-17-33-27/h3-4,8,11-18,24,30H,1-2,5-7,9-10,19-20H2,(H,34,39)(H,33,35,37). The molecule has 5 rings (SSSR count). The van der Waals surface area contributed by atoms with Crippen molar-refractivity contribution in [2.45, 2.75) is 63.6 Å². The molecule has 1 aromatic heterocycles. The Labute approximate surface area is 238 Å². The van der Waals surface area contributed by atoms with Gasteiger partial charge in [0.1, 0.15) is 17.7 Å². The van der Waals surface area contributed by atoms with Crippen molar-refractivity contribution in [2.75, 3.05) is 12.1 Å². The van der Waals surface area contributed by atoms with Gasteiger partial charge in [-0.2, -0.15) is 0 Å². The summed E-state index contributed by atoms with van der Waals surface area (Å²) >= 11 is 0. The molecule has 3 amide bonds. The second kappa shape index (κ2) is 13.3. The normalized spacial score (nSPS) is 14.9. The molecule has 1 saturated carbocycles. The van der Waals surface area contributed by atoms with Gasteiger partial charge in [-0.25, -0.2) is 9.37 Å². The van der Waals surface area contributed by atoms with Crippen LogP contribution in [0.25, 0.3) is 0 Å². The Bertz CT molecular complexity index is 1360. The first-order chi connectivity index (χ1) is 20.0. The first-order valence-corrected chi connectivity index (χ1v) is 13.9. The predicted molar refractivity (Wildman–Crippen MR) is 149 cm³/mol. The van der Waals surface area contributed by atoms with E-state index < -0.39 is 11.9 Å². The van der Waals surface area contributed by atoms with Crippen molar-refractivity contribution in [3.8, 4) is 11.5 Å².